The van der Waals surface area contributed by atoms with Gasteiger partial charge in [-0.3, -0.25) is 0 Å². The first-order chi connectivity index (χ1) is 9.83. The van der Waals surface area contributed by atoms with Crippen molar-refractivity contribution in [2.75, 3.05) is 20.2 Å². The Morgan fingerprint density at radius 2 is 1.85 bits per heavy atom. The fourth-order valence-corrected chi connectivity index (χ4v) is 2.49. The third-order valence-corrected chi connectivity index (χ3v) is 3.41. The van der Waals surface area contributed by atoms with Gasteiger partial charge in [-0.25, -0.2) is 0 Å². The number of rotatable bonds is 7. The minimum atomic E-state index is 0.484. The Morgan fingerprint density at radius 3 is 2.55 bits per heavy atom. The molecule has 106 valence electrons. The van der Waals surface area contributed by atoms with Gasteiger partial charge < -0.3 is 10.1 Å². The summed E-state index contributed by atoms with van der Waals surface area (Å²) in [5, 5.41) is 3.30. The summed E-state index contributed by atoms with van der Waals surface area (Å²) in [6.45, 7) is 3.70. The monoisotopic (exact) mass is 269 g/mol. The second-order valence-corrected chi connectivity index (χ2v) is 4.95. The molecule has 20 heavy (non-hydrogen) atoms. The van der Waals surface area contributed by atoms with Gasteiger partial charge in [-0.1, -0.05) is 42.5 Å². The number of hydrogen-bond acceptors (Lipinski definition) is 2. The summed E-state index contributed by atoms with van der Waals surface area (Å²) in [5.74, 6) is 1.44. The van der Waals surface area contributed by atoms with Gasteiger partial charge in [0.1, 0.15) is 5.75 Å². The second-order valence-electron chi connectivity index (χ2n) is 4.95. The molecule has 2 aromatic carbocycles. The minimum absolute atomic E-state index is 0.484. The van der Waals surface area contributed by atoms with E-state index in [0.29, 0.717) is 12.5 Å². The van der Waals surface area contributed by atoms with Crippen LogP contribution in [0.25, 0.3) is 0 Å². The van der Waals surface area contributed by atoms with Crippen LogP contribution < -0.4 is 10.1 Å². The van der Waals surface area contributed by atoms with Crippen molar-refractivity contribution < 1.29 is 4.74 Å². The van der Waals surface area contributed by atoms with Crippen LogP contribution in [-0.2, 0) is 6.42 Å². The van der Waals surface area contributed by atoms with Crippen molar-refractivity contribution in [3.8, 4) is 5.75 Å². The molecule has 1 atom stereocenters. The summed E-state index contributed by atoms with van der Waals surface area (Å²) in [5.41, 5.74) is 2.70. The topological polar surface area (TPSA) is 21.3 Å². The number of ether oxygens (including phenoxy) is 1. The zero-order valence-electron chi connectivity index (χ0n) is 12.3. The van der Waals surface area contributed by atoms with E-state index in [-0.39, 0.29) is 0 Å². The molecule has 0 bridgehead atoms. The van der Waals surface area contributed by atoms with Crippen LogP contribution in [0.3, 0.4) is 0 Å². The largest absolute Gasteiger partial charge is 0.494 e. The van der Waals surface area contributed by atoms with Gasteiger partial charge in [0.05, 0.1) is 6.61 Å². The lowest BCUT2D eigenvalue weighted by molar-refractivity contribution is 0.340. The maximum atomic E-state index is 5.58. The maximum Gasteiger partial charge on any atom is 0.119 e. The van der Waals surface area contributed by atoms with Crippen molar-refractivity contribution in [3.05, 3.63) is 65.7 Å². The molecule has 2 nitrogen and oxygen atoms in total. The zero-order chi connectivity index (χ0) is 14.2. The molecule has 0 aliphatic carbocycles. The van der Waals surface area contributed by atoms with E-state index in [4.69, 9.17) is 4.74 Å². The summed E-state index contributed by atoms with van der Waals surface area (Å²) >= 11 is 0. The highest BCUT2D eigenvalue weighted by atomic mass is 16.5. The Bertz CT molecular complexity index is 510. The normalized spacial score (nSPS) is 12.1. The lowest BCUT2D eigenvalue weighted by Gasteiger charge is -2.17. The van der Waals surface area contributed by atoms with Crippen LogP contribution in [-0.4, -0.2) is 20.2 Å². The highest BCUT2D eigenvalue weighted by molar-refractivity contribution is 5.31. The van der Waals surface area contributed by atoms with Gasteiger partial charge in [-0.15, -0.1) is 0 Å². The smallest absolute Gasteiger partial charge is 0.119 e. The van der Waals surface area contributed by atoms with Gasteiger partial charge in [-0.2, -0.15) is 0 Å². The van der Waals surface area contributed by atoms with Crippen LogP contribution in [0.2, 0.25) is 0 Å². The predicted molar refractivity (Wildman–Crippen MR) is 84.4 cm³/mol. The van der Waals surface area contributed by atoms with E-state index in [1.54, 1.807) is 0 Å². The quantitative estimate of drug-likeness (QED) is 0.828. The second kappa shape index (κ2) is 7.71. The van der Waals surface area contributed by atoms with Crippen molar-refractivity contribution in [2.24, 2.45) is 0 Å². The molecule has 0 heterocycles. The number of hydrogen-bond donors (Lipinski definition) is 1. The van der Waals surface area contributed by atoms with Crippen molar-refractivity contribution in [3.63, 3.8) is 0 Å². The molecule has 0 saturated carbocycles. The number of likely N-dealkylation sites (N-methyl/N-ethyl adjacent to an activating group) is 1. The molecule has 0 fully saturated rings. The van der Waals surface area contributed by atoms with Crippen LogP contribution in [0.4, 0.5) is 0 Å². The number of benzene rings is 2. The molecule has 2 aromatic rings. The maximum absolute atomic E-state index is 5.58. The van der Waals surface area contributed by atoms with E-state index in [2.05, 4.69) is 53.8 Å². The van der Waals surface area contributed by atoms with Gasteiger partial charge in [0, 0.05) is 12.5 Å². The molecule has 0 radical (unpaired) electrons. The van der Waals surface area contributed by atoms with E-state index in [1.807, 2.05) is 20.0 Å². The molecule has 1 N–H and O–H groups in total. The van der Waals surface area contributed by atoms with Gasteiger partial charge in [-0.05, 0) is 43.7 Å². The fourth-order valence-electron chi connectivity index (χ4n) is 2.49. The summed E-state index contributed by atoms with van der Waals surface area (Å²) in [7, 11) is 2.01. The summed E-state index contributed by atoms with van der Waals surface area (Å²) in [6, 6.07) is 19.1. The van der Waals surface area contributed by atoms with Crippen molar-refractivity contribution in [1.82, 2.24) is 5.32 Å². The van der Waals surface area contributed by atoms with Crippen LogP contribution in [0, 0.1) is 0 Å². The molecule has 2 rings (SSSR count). The van der Waals surface area contributed by atoms with Crippen molar-refractivity contribution in [2.45, 2.75) is 19.3 Å². The summed E-state index contributed by atoms with van der Waals surface area (Å²) in [4.78, 5) is 0. The Morgan fingerprint density at radius 1 is 1.05 bits per heavy atom. The van der Waals surface area contributed by atoms with Gasteiger partial charge in [0.15, 0.2) is 0 Å². The van der Waals surface area contributed by atoms with Crippen LogP contribution in [0.15, 0.2) is 54.6 Å². The molecule has 0 aromatic heterocycles. The third-order valence-electron chi connectivity index (χ3n) is 3.41. The lowest BCUT2D eigenvalue weighted by Crippen LogP contribution is -2.19. The van der Waals surface area contributed by atoms with Gasteiger partial charge >= 0.3 is 0 Å². The molecule has 0 aliphatic heterocycles. The van der Waals surface area contributed by atoms with Crippen LogP contribution >= 0.6 is 0 Å². The first-order valence-corrected chi connectivity index (χ1v) is 7.24. The van der Waals surface area contributed by atoms with E-state index < -0.39 is 0 Å². The van der Waals surface area contributed by atoms with E-state index >= 15 is 0 Å². The van der Waals surface area contributed by atoms with E-state index in [1.165, 1.54) is 11.1 Å². The molecule has 1 unspecified atom stereocenters. The van der Waals surface area contributed by atoms with E-state index in [0.717, 1.165) is 18.7 Å². The van der Waals surface area contributed by atoms with Crippen molar-refractivity contribution >= 4 is 0 Å². The van der Waals surface area contributed by atoms with Gasteiger partial charge in [0.25, 0.3) is 0 Å². The Labute approximate surface area is 121 Å². The molecular formula is C18H23NO. The standard InChI is InChI=1S/C18H23NO/c1-3-20-18-11-7-8-15(13-18)12-17(14-19-2)16-9-5-4-6-10-16/h4-11,13,17,19H,3,12,14H2,1-2H3. The van der Waals surface area contributed by atoms with Gasteiger partial charge in [0.2, 0.25) is 0 Å². The first-order valence-electron chi connectivity index (χ1n) is 7.24. The Hall–Kier alpha value is -1.80. The average Bonchev–Trinajstić information content (AvgIpc) is 2.48. The minimum Gasteiger partial charge on any atom is -0.494 e. The third kappa shape index (κ3) is 4.10. The summed E-state index contributed by atoms with van der Waals surface area (Å²) in [6.07, 6.45) is 1.02. The van der Waals surface area contributed by atoms with Crippen LogP contribution in [0.1, 0.15) is 24.0 Å². The summed E-state index contributed by atoms with van der Waals surface area (Å²) < 4.78 is 5.58. The van der Waals surface area contributed by atoms with Crippen molar-refractivity contribution in [1.29, 1.82) is 0 Å². The lowest BCUT2D eigenvalue weighted by atomic mass is 9.92. The Kier molecular flexibility index (Phi) is 5.63. The molecule has 0 aliphatic rings. The number of nitrogens with one attached hydrogen (secondary N) is 1. The SMILES string of the molecule is CCOc1cccc(CC(CNC)c2ccccc2)c1. The zero-order valence-corrected chi connectivity index (χ0v) is 12.3. The highest BCUT2D eigenvalue weighted by Crippen LogP contribution is 2.22. The molecule has 0 saturated heterocycles. The average molecular weight is 269 g/mol. The molecular weight excluding hydrogens is 246 g/mol. The predicted octanol–water partition coefficient (Wildman–Crippen LogP) is 3.63. The molecule has 0 amide bonds. The molecule has 2 heteroatoms. The fraction of sp³-hybridized carbons (Fsp3) is 0.333. The molecule has 0 spiro atoms. The highest BCUT2D eigenvalue weighted by Gasteiger charge is 2.11. The first kappa shape index (κ1) is 14.6. The Balaban J connectivity index is 2.14. The van der Waals surface area contributed by atoms with E-state index in [9.17, 15) is 0 Å². The van der Waals surface area contributed by atoms with Crippen LogP contribution in [0.5, 0.6) is 5.75 Å².